The van der Waals surface area contributed by atoms with E-state index in [2.05, 4.69) is 10.6 Å². The first kappa shape index (κ1) is 26.5. The van der Waals surface area contributed by atoms with Crippen LogP contribution in [0.1, 0.15) is 5.56 Å². The molecule has 8 nitrogen and oxygen atoms in total. The lowest BCUT2D eigenvalue weighted by Gasteiger charge is -2.26. The minimum absolute atomic E-state index is 0.134. The van der Waals surface area contributed by atoms with Crippen LogP contribution in [0.15, 0.2) is 66.2 Å². The van der Waals surface area contributed by atoms with Gasteiger partial charge < -0.3 is 10.1 Å². The number of urea groups is 1. The van der Waals surface area contributed by atoms with E-state index in [1.54, 1.807) is 30.3 Å². The van der Waals surface area contributed by atoms with Crippen molar-refractivity contribution in [3.8, 4) is 5.75 Å². The molecule has 3 aromatic carbocycles. The maximum Gasteiger partial charge on any atom is 0.335 e. The fourth-order valence-corrected chi connectivity index (χ4v) is 3.89. The summed E-state index contributed by atoms with van der Waals surface area (Å²) in [6.45, 7) is -0.320. The number of carbonyl (C=O) groups excluding carboxylic acids is 4. The third kappa shape index (κ3) is 6.23. The number of anilines is 2. The van der Waals surface area contributed by atoms with Crippen LogP contribution in [0.3, 0.4) is 0 Å². The summed E-state index contributed by atoms with van der Waals surface area (Å²) in [7, 11) is 0. The molecule has 1 aliphatic rings. The fraction of sp³-hybridized carbons (Fsp3) is 0.0400. The van der Waals surface area contributed by atoms with Gasteiger partial charge in [-0.1, -0.05) is 58.5 Å². The molecule has 0 saturated carbocycles. The van der Waals surface area contributed by atoms with Gasteiger partial charge in [0, 0.05) is 5.69 Å². The molecule has 0 atom stereocenters. The molecule has 0 bridgehead atoms. The van der Waals surface area contributed by atoms with Crippen molar-refractivity contribution in [3.05, 3.63) is 91.9 Å². The Morgan fingerprint density at radius 3 is 2.30 bits per heavy atom. The molecule has 0 aromatic heterocycles. The Balaban J connectivity index is 1.49. The summed E-state index contributed by atoms with van der Waals surface area (Å²) in [5, 5.41) is 5.79. The van der Waals surface area contributed by atoms with Crippen LogP contribution in [0.4, 0.5) is 16.2 Å². The van der Waals surface area contributed by atoms with E-state index in [0.717, 1.165) is 4.90 Å². The molecule has 4 rings (SSSR count). The molecule has 2 N–H and O–H groups in total. The van der Waals surface area contributed by atoms with E-state index >= 15 is 0 Å². The van der Waals surface area contributed by atoms with E-state index in [0.29, 0.717) is 27.0 Å². The third-order valence-electron chi connectivity index (χ3n) is 5.01. The van der Waals surface area contributed by atoms with Gasteiger partial charge in [-0.15, -0.1) is 0 Å². The van der Waals surface area contributed by atoms with Crippen molar-refractivity contribution in [1.82, 2.24) is 5.32 Å². The Morgan fingerprint density at radius 2 is 1.59 bits per heavy atom. The smallest absolute Gasteiger partial charge is 0.335 e. The van der Waals surface area contributed by atoms with E-state index in [4.69, 9.17) is 51.1 Å². The summed E-state index contributed by atoms with van der Waals surface area (Å²) in [6, 6.07) is 14.3. The second-order valence-corrected chi connectivity index (χ2v) is 9.22. The Bertz CT molecular complexity index is 1470. The molecule has 0 unspecified atom stereocenters. The third-order valence-corrected chi connectivity index (χ3v) is 6.48. The van der Waals surface area contributed by atoms with Crippen LogP contribution in [-0.2, 0) is 14.4 Å². The van der Waals surface area contributed by atoms with Crippen molar-refractivity contribution >= 4 is 87.6 Å². The molecule has 1 aliphatic heterocycles. The van der Waals surface area contributed by atoms with Crippen LogP contribution < -0.4 is 20.3 Å². The van der Waals surface area contributed by atoms with Gasteiger partial charge in [-0.2, -0.15) is 0 Å². The van der Waals surface area contributed by atoms with Crippen molar-refractivity contribution in [1.29, 1.82) is 0 Å². The molecule has 188 valence electrons. The molecule has 0 radical (unpaired) electrons. The van der Waals surface area contributed by atoms with Crippen LogP contribution >= 0.6 is 46.4 Å². The minimum atomic E-state index is -0.921. The molecular formula is C25H15Cl4N3O5. The highest BCUT2D eigenvalue weighted by atomic mass is 35.5. The number of ether oxygens (including phenoxy) is 1. The Hall–Kier alpha value is -3.56. The zero-order chi connectivity index (χ0) is 26.7. The molecule has 1 saturated heterocycles. The number of hydrogen-bond donors (Lipinski definition) is 2. The highest BCUT2D eigenvalue weighted by Crippen LogP contribution is 2.30. The molecule has 37 heavy (non-hydrogen) atoms. The van der Waals surface area contributed by atoms with Crippen LogP contribution in [-0.4, -0.2) is 30.4 Å². The van der Waals surface area contributed by atoms with Gasteiger partial charge in [0.25, 0.3) is 17.7 Å². The molecule has 0 aliphatic carbocycles. The number of nitrogens with zero attached hydrogens (tertiary/aromatic N) is 1. The number of amides is 5. The second kappa shape index (κ2) is 11.2. The van der Waals surface area contributed by atoms with Crippen LogP contribution in [0.5, 0.6) is 5.75 Å². The first-order valence-corrected chi connectivity index (χ1v) is 12.0. The Kier molecular flexibility index (Phi) is 8.04. The minimum Gasteiger partial charge on any atom is -0.484 e. The van der Waals surface area contributed by atoms with Crippen molar-refractivity contribution in [2.45, 2.75) is 0 Å². The summed E-state index contributed by atoms with van der Waals surface area (Å²) >= 11 is 23.7. The maximum absolute atomic E-state index is 13.1. The first-order chi connectivity index (χ1) is 17.6. The average molecular weight is 579 g/mol. The molecule has 1 fully saturated rings. The summed E-state index contributed by atoms with van der Waals surface area (Å²) in [6.07, 6.45) is 1.30. The largest absolute Gasteiger partial charge is 0.484 e. The number of halogens is 4. The van der Waals surface area contributed by atoms with E-state index in [1.165, 1.54) is 36.4 Å². The average Bonchev–Trinajstić information content (AvgIpc) is 2.85. The molecular weight excluding hydrogens is 564 g/mol. The van der Waals surface area contributed by atoms with E-state index in [1.807, 2.05) is 0 Å². The normalized spacial score (nSPS) is 14.5. The number of imide groups is 2. The van der Waals surface area contributed by atoms with Gasteiger partial charge in [-0.05, 0) is 60.2 Å². The van der Waals surface area contributed by atoms with Crippen molar-refractivity contribution < 1.29 is 23.9 Å². The molecule has 0 spiro atoms. The highest BCUT2D eigenvalue weighted by molar-refractivity contribution is 6.43. The lowest BCUT2D eigenvalue weighted by Crippen LogP contribution is -2.54. The highest BCUT2D eigenvalue weighted by Gasteiger charge is 2.37. The zero-order valence-corrected chi connectivity index (χ0v) is 21.6. The molecule has 12 heteroatoms. The SMILES string of the molecule is O=C(COc1cccc(/C=C2/C(=O)NC(=O)N(c3ccc(Cl)c(Cl)c3)C2=O)c1)Nc1ccc(Cl)c(Cl)c1. The predicted molar refractivity (Wildman–Crippen MR) is 142 cm³/mol. The lowest BCUT2D eigenvalue weighted by atomic mass is 10.1. The van der Waals surface area contributed by atoms with Gasteiger partial charge in [-0.25, -0.2) is 9.69 Å². The maximum atomic E-state index is 13.1. The number of nitrogens with one attached hydrogen (secondary N) is 2. The summed E-state index contributed by atoms with van der Waals surface area (Å²) in [4.78, 5) is 50.9. The fourth-order valence-electron chi connectivity index (χ4n) is 3.30. The van der Waals surface area contributed by atoms with Crippen molar-refractivity contribution in [2.24, 2.45) is 0 Å². The molecule has 3 aromatic rings. The van der Waals surface area contributed by atoms with Crippen LogP contribution in [0.2, 0.25) is 20.1 Å². The quantitative estimate of drug-likeness (QED) is 0.276. The predicted octanol–water partition coefficient (Wildman–Crippen LogP) is 5.98. The van der Waals surface area contributed by atoms with Crippen LogP contribution in [0, 0.1) is 0 Å². The molecule has 1 heterocycles. The number of benzene rings is 3. The zero-order valence-electron chi connectivity index (χ0n) is 18.6. The number of carbonyl (C=O) groups is 4. The van der Waals surface area contributed by atoms with E-state index in [9.17, 15) is 19.2 Å². The standard InChI is InChI=1S/C25H15Cl4N3O5/c26-18-6-4-14(10-20(18)28)30-22(33)12-37-16-3-1-2-13(8-16)9-17-23(34)31-25(36)32(24(17)35)15-5-7-19(27)21(29)11-15/h1-11H,12H2,(H,30,33)(H,31,34,36)/b17-9-. The summed E-state index contributed by atoms with van der Waals surface area (Å²) in [5.41, 5.74) is 0.717. The van der Waals surface area contributed by atoms with Crippen molar-refractivity contribution in [3.63, 3.8) is 0 Å². The Morgan fingerprint density at radius 1 is 0.892 bits per heavy atom. The van der Waals surface area contributed by atoms with Gasteiger partial charge in [0.15, 0.2) is 6.61 Å². The number of barbiturate groups is 1. The second-order valence-electron chi connectivity index (χ2n) is 7.59. The number of hydrogen-bond acceptors (Lipinski definition) is 5. The summed E-state index contributed by atoms with van der Waals surface area (Å²) < 4.78 is 5.53. The van der Waals surface area contributed by atoms with Gasteiger partial charge in [-0.3, -0.25) is 19.7 Å². The summed E-state index contributed by atoms with van der Waals surface area (Å²) in [5.74, 6) is -1.85. The topological polar surface area (TPSA) is 105 Å². The monoisotopic (exact) mass is 577 g/mol. The van der Waals surface area contributed by atoms with E-state index in [-0.39, 0.29) is 27.9 Å². The van der Waals surface area contributed by atoms with Gasteiger partial charge in [0.1, 0.15) is 11.3 Å². The van der Waals surface area contributed by atoms with Crippen molar-refractivity contribution in [2.75, 3.05) is 16.8 Å². The first-order valence-electron chi connectivity index (χ1n) is 10.5. The van der Waals surface area contributed by atoms with Gasteiger partial charge >= 0.3 is 6.03 Å². The van der Waals surface area contributed by atoms with Gasteiger partial charge in [0.05, 0.1) is 25.8 Å². The molecule has 5 amide bonds. The lowest BCUT2D eigenvalue weighted by molar-refractivity contribution is -0.122. The van der Waals surface area contributed by atoms with Crippen LogP contribution in [0.25, 0.3) is 6.08 Å². The number of rotatable bonds is 6. The van der Waals surface area contributed by atoms with Gasteiger partial charge in [0.2, 0.25) is 0 Å². The Labute approximate surface area is 230 Å². The van der Waals surface area contributed by atoms with E-state index < -0.39 is 23.8 Å².